The van der Waals surface area contributed by atoms with E-state index in [4.69, 9.17) is 27.9 Å². The van der Waals surface area contributed by atoms with E-state index in [1.165, 1.54) is 25.3 Å². The molecule has 7 heteroatoms. The topological polar surface area (TPSA) is 50.7 Å². The van der Waals surface area contributed by atoms with Crippen LogP contribution in [0.3, 0.4) is 0 Å². The molecule has 0 unspecified atom stereocenters. The lowest BCUT2D eigenvalue weighted by Crippen LogP contribution is -2.12. The first kappa shape index (κ1) is 17.2. The van der Waals surface area contributed by atoms with Gasteiger partial charge in [-0.1, -0.05) is 35.3 Å². The molecule has 0 fully saturated rings. The maximum Gasteiger partial charge on any atom is 0.236 e. The maximum atomic E-state index is 13.1. The summed E-state index contributed by atoms with van der Waals surface area (Å²) in [6, 6.07) is 9.25. The Kier molecular flexibility index (Phi) is 5.96. The zero-order valence-corrected chi connectivity index (χ0v) is 13.7. The van der Waals surface area contributed by atoms with Gasteiger partial charge in [0.25, 0.3) is 0 Å². The highest BCUT2D eigenvalue weighted by molar-refractivity contribution is 6.37. The molecule has 2 aromatic rings. The Labute approximate surface area is 142 Å². The lowest BCUT2D eigenvalue weighted by Gasteiger charge is -2.11. The standard InChI is InChI=1S/C16H13Cl2FN2O2/c1-10(22)21-20-8-12-6-14(17)16(15(18)7-12)23-9-11-3-2-4-13(19)5-11/h2-8H,9H2,1H3,(H,21,22)/b20-8+. The van der Waals surface area contributed by atoms with Gasteiger partial charge in [0.1, 0.15) is 12.4 Å². The number of carbonyl (C=O) groups is 1. The van der Waals surface area contributed by atoms with Gasteiger partial charge in [0, 0.05) is 6.92 Å². The van der Waals surface area contributed by atoms with Gasteiger partial charge in [0.05, 0.1) is 16.3 Å². The maximum absolute atomic E-state index is 13.1. The summed E-state index contributed by atoms with van der Waals surface area (Å²) >= 11 is 12.3. The predicted molar refractivity (Wildman–Crippen MR) is 88.6 cm³/mol. The van der Waals surface area contributed by atoms with Crippen molar-refractivity contribution in [3.63, 3.8) is 0 Å². The van der Waals surface area contributed by atoms with E-state index in [0.717, 1.165) is 0 Å². The second-order valence-electron chi connectivity index (χ2n) is 4.66. The highest BCUT2D eigenvalue weighted by Crippen LogP contribution is 2.34. The first-order valence-corrected chi connectivity index (χ1v) is 7.37. The minimum atomic E-state index is -0.340. The second kappa shape index (κ2) is 7.94. The molecule has 2 aromatic carbocycles. The molecule has 0 radical (unpaired) electrons. The van der Waals surface area contributed by atoms with E-state index in [-0.39, 0.29) is 28.4 Å². The van der Waals surface area contributed by atoms with Crippen LogP contribution in [0.1, 0.15) is 18.1 Å². The zero-order valence-electron chi connectivity index (χ0n) is 12.1. The molecule has 1 N–H and O–H groups in total. The third-order valence-electron chi connectivity index (χ3n) is 2.73. The summed E-state index contributed by atoms with van der Waals surface area (Å²) in [6.07, 6.45) is 1.41. The fourth-order valence-electron chi connectivity index (χ4n) is 1.77. The number of carbonyl (C=O) groups excluding carboxylic acids is 1. The number of nitrogens with zero attached hydrogens (tertiary/aromatic N) is 1. The summed E-state index contributed by atoms with van der Waals surface area (Å²) in [5.74, 6) is -0.324. The Morgan fingerprint density at radius 1 is 1.30 bits per heavy atom. The fraction of sp³-hybridized carbons (Fsp3) is 0.125. The van der Waals surface area contributed by atoms with Gasteiger partial charge in [-0.25, -0.2) is 9.82 Å². The van der Waals surface area contributed by atoms with E-state index < -0.39 is 0 Å². The summed E-state index contributed by atoms with van der Waals surface area (Å²) < 4.78 is 18.7. The monoisotopic (exact) mass is 354 g/mol. The molecule has 0 aromatic heterocycles. The van der Waals surface area contributed by atoms with Gasteiger partial charge >= 0.3 is 0 Å². The Hall–Kier alpha value is -2.11. The van der Waals surface area contributed by atoms with Crippen LogP contribution >= 0.6 is 23.2 Å². The van der Waals surface area contributed by atoms with Crippen molar-refractivity contribution < 1.29 is 13.9 Å². The largest absolute Gasteiger partial charge is 0.486 e. The number of amides is 1. The van der Waals surface area contributed by atoms with E-state index in [9.17, 15) is 9.18 Å². The van der Waals surface area contributed by atoms with Crippen molar-refractivity contribution in [1.29, 1.82) is 0 Å². The Morgan fingerprint density at radius 2 is 2.00 bits per heavy atom. The van der Waals surface area contributed by atoms with Crippen molar-refractivity contribution in [2.24, 2.45) is 5.10 Å². The third kappa shape index (κ3) is 5.23. The molecule has 0 saturated heterocycles. The molecule has 0 saturated carbocycles. The molecule has 0 aliphatic heterocycles. The van der Waals surface area contributed by atoms with Crippen LogP contribution < -0.4 is 10.2 Å². The number of hydrogen-bond acceptors (Lipinski definition) is 3. The smallest absolute Gasteiger partial charge is 0.236 e. The van der Waals surface area contributed by atoms with E-state index in [2.05, 4.69) is 10.5 Å². The van der Waals surface area contributed by atoms with Crippen molar-refractivity contribution in [3.05, 3.63) is 63.4 Å². The van der Waals surface area contributed by atoms with Crippen molar-refractivity contribution in [1.82, 2.24) is 5.43 Å². The predicted octanol–water partition coefficient (Wildman–Crippen LogP) is 4.18. The molecule has 0 bridgehead atoms. The number of hydrazone groups is 1. The molecule has 23 heavy (non-hydrogen) atoms. The van der Waals surface area contributed by atoms with Crippen molar-refractivity contribution in [2.75, 3.05) is 0 Å². The quantitative estimate of drug-likeness (QED) is 0.646. The molecular formula is C16H13Cl2FN2O2. The second-order valence-corrected chi connectivity index (χ2v) is 5.47. The fourth-order valence-corrected chi connectivity index (χ4v) is 2.38. The van der Waals surface area contributed by atoms with Gasteiger partial charge in [0.2, 0.25) is 5.91 Å². The van der Waals surface area contributed by atoms with E-state index in [1.54, 1.807) is 24.3 Å². The average Bonchev–Trinajstić information content (AvgIpc) is 2.46. The number of halogens is 3. The lowest BCUT2D eigenvalue weighted by atomic mass is 10.2. The molecule has 0 aliphatic carbocycles. The summed E-state index contributed by atoms with van der Waals surface area (Å²) in [5, 5.41) is 4.31. The summed E-state index contributed by atoms with van der Waals surface area (Å²) in [5.41, 5.74) is 3.54. The lowest BCUT2D eigenvalue weighted by molar-refractivity contribution is -0.118. The Balaban J connectivity index is 2.11. The molecule has 1 amide bonds. The summed E-state index contributed by atoms with van der Waals surface area (Å²) in [7, 11) is 0. The molecular weight excluding hydrogens is 342 g/mol. The van der Waals surface area contributed by atoms with Crippen molar-refractivity contribution in [2.45, 2.75) is 13.5 Å². The normalized spacial score (nSPS) is 10.8. The number of hydrogen-bond donors (Lipinski definition) is 1. The van der Waals surface area contributed by atoms with Crippen LogP contribution in [0, 0.1) is 5.82 Å². The van der Waals surface area contributed by atoms with Gasteiger partial charge in [-0.2, -0.15) is 5.10 Å². The first-order chi connectivity index (χ1) is 11.0. The molecule has 2 rings (SSSR count). The van der Waals surface area contributed by atoms with Crippen molar-refractivity contribution >= 4 is 35.3 Å². The first-order valence-electron chi connectivity index (χ1n) is 6.61. The highest BCUT2D eigenvalue weighted by atomic mass is 35.5. The van der Waals surface area contributed by atoms with Crippen LogP contribution in [0.5, 0.6) is 5.75 Å². The van der Waals surface area contributed by atoms with E-state index in [0.29, 0.717) is 16.9 Å². The van der Waals surface area contributed by atoms with E-state index in [1.807, 2.05) is 0 Å². The third-order valence-corrected chi connectivity index (χ3v) is 3.29. The summed E-state index contributed by atoms with van der Waals surface area (Å²) in [6.45, 7) is 1.48. The van der Waals surface area contributed by atoms with Crippen LogP contribution in [0.25, 0.3) is 0 Å². The SMILES string of the molecule is CC(=O)N/N=C/c1cc(Cl)c(OCc2cccc(F)c2)c(Cl)c1. The number of ether oxygens (including phenoxy) is 1. The minimum Gasteiger partial charge on any atom is -0.486 e. The van der Waals surface area contributed by atoms with E-state index >= 15 is 0 Å². The average molecular weight is 355 g/mol. The Bertz CT molecular complexity index is 728. The van der Waals surface area contributed by atoms with Crippen LogP contribution in [-0.2, 0) is 11.4 Å². The molecule has 0 aliphatic rings. The van der Waals surface area contributed by atoms with Gasteiger partial charge in [-0.05, 0) is 35.4 Å². The minimum absolute atomic E-state index is 0.135. The molecule has 0 spiro atoms. The summed E-state index contributed by atoms with van der Waals surface area (Å²) in [4.78, 5) is 10.7. The van der Waals surface area contributed by atoms with Crippen LogP contribution in [0.4, 0.5) is 4.39 Å². The highest BCUT2D eigenvalue weighted by Gasteiger charge is 2.10. The molecule has 120 valence electrons. The van der Waals surface area contributed by atoms with Crippen LogP contribution in [0.2, 0.25) is 10.0 Å². The van der Waals surface area contributed by atoms with Crippen LogP contribution in [0.15, 0.2) is 41.5 Å². The van der Waals surface area contributed by atoms with Gasteiger partial charge in [0.15, 0.2) is 5.75 Å². The van der Waals surface area contributed by atoms with Gasteiger partial charge in [-0.15, -0.1) is 0 Å². The molecule has 4 nitrogen and oxygen atoms in total. The van der Waals surface area contributed by atoms with Gasteiger partial charge < -0.3 is 4.74 Å². The van der Waals surface area contributed by atoms with Crippen LogP contribution in [-0.4, -0.2) is 12.1 Å². The zero-order chi connectivity index (χ0) is 16.8. The van der Waals surface area contributed by atoms with Gasteiger partial charge in [-0.3, -0.25) is 4.79 Å². The molecule has 0 atom stereocenters. The number of nitrogens with one attached hydrogen (secondary N) is 1. The van der Waals surface area contributed by atoms with Crippen molar-refractivity contribution in [3.8, 4) is 5.75 Å². The number of benzene rings is 2. The molecule has 0 heterocycles. The Morgan fingerprint density at radius 3 is 2.61 bits per heavy atom. The number of rotatable bonds is 5.